The second-order valence-corrected chi connectivity index (χ2v) is 6.88. The van der Waals surface area contributed by atoms with Crippen LogP contribution in [0.3, 0.4) is 0 Å². The average molecular weight is 433 g/mol. The van der Waals surface area contributed by atoms with Crippen LogP contribution in [0.1, 0.15) is 27.7 Å². The molecule has 0 saturated heterocycles. The predicted molar refractivity (Wildman–Crippen MR) is 102 cm³/mol. The van der Waals surface area contributed by atoms with E-state index < -0.39 is 24.3 Å². The van der Waals surface area contributed by atoms with Crippen molar-refractivity contribution in [3.63, 3.8) is 0 Å². The number of alkyl halides is 3. The van der Waals surface area contributed by atoms with Crippen LogP contribution in [0.25, 0.3) is 17.0 Å². The van der Waals surface area contributed by atoms with Gasteiger partial charge < -0.3 is 9.73 Å². The molecule has 0 aliphatic carbocycles. The number of hydrogen-bond acceptors (Lipinski definition) is 5. The van der Waals surface area contributed by atoms with Crippen molar-refractivity contribution in [2.24, 2.45) is 0 Å². The van der Waals surface area contributed by atoms with Crippen molar-refractivity contribution in [2.45, 2.75) is 26.4 Å². The number of carbonyl (C=O) groups is 1. The van der Waals surface area contributed by atoms with Gasteiger partial charge in [-0.05, 0) is 30.7 Å². The first-order valence-electron chi connectivity index (χ1n) is 9.05. The SMILES string of the molecule is Cc1nc(C)c(C(=O)Nc2ccc(F)c(-c3cn4cc(CC(F)(F)F)cnc4n3)c2)o1. The molecule has 1 amide bonds. The fourth-order valence-electron chi connectivity index (χ4n) is 3.11. The number of imidazole rings is 1. The molecular weight excluding hydrogens is 418 g/mol. The van der Waals surface area contributed by atoms with Crippen LogP contribution in [0, 0.1) is 19.7 Å². The summed E-state index contributed by atoms with van der Waals surface area (Å²) in [5, 5.41) is 2.60. The number of anilines is 1. The smallest absolute Gasteiger partial charge is 0.393 e. The standard InChI is InChI=1S/C20H15F4N5O2/c1-10-17(31-11(2)26-10)18(30)27-13-3-4-15(21)14(5-13)16-9-29-8-12(6-20(22,23)24)7-25-19(29)28-16/h3-5,7-9H,6H2,1-2H3,(H,27,30). The van der Waals surface area contributed by atoms with Crippen LogP contribution in [0.15, 0.2) is 41.2 Å². The van der Waals surface area contributed by atoms with E-state index in [1.54, 1.807) is 13.8 Å². The molecule has 11 heteroatoms. The average Bonchev–Trinajstić information content (AvgIpc) is 3.24. The van der Waals surface area contributed by atoms with Gasteiger partial charge in [0.25, 0.3) is 5.91 Å². The number of rotatable bonds is 4. The van der Waals surface area contributed by atoms with Crippen molar-refractivity contribution in [3.8, 4) is 11.3 Å². The maximum atomic E-state index is 14.5. The molecule has 1 N–H and O–H groups in total. The van der Waals surface area contributed by atoms with Gasteiger partial charge in [-0.3, -0.25) is 9.20 Å². The minimum atomic E-state index is -4.38. The molecule has 0 spiro atoms. The number of aryl methyl sites for hydroxylation is 2. The second kappa shape index (κ2) is 7.49. The van der Waals surface area contributed by atoms with Gasteiger partial charge in [0.05, 0.1) is 17.8 Å². The maximum Gasteiger partial charge on any atom is 0.393 e. The highest BCUT2D eigenvalue weighted by Gasteiger charge is 2.28. The molecule has 1 aromatic carbocycles. The fraction of sp³-hybridized carbons (Fsp3) is 0.200. The minimum absolute atomic E-state index is 0.0394. The molecule has 4 rings (SSSR count). The van der Waals surface area contributed by atoms with Gasteiger partial charge in [-0.1, -0.05) is 0 Å². The molecule has 0 aliphatic heterocycles. The molecule has 7 nitrogen and oxygen atoms in total. The second-order valence-electron chi connectivity index (χ2n) is 6.88. The van der Waals surface area contributed by atoms with Crippen molar-refractivity contribution in [1.82, 2.24) is 19.4 Å². The summed E-state index contributed by atoms with van der Waals surface area (Å²) in [5.41, 5.74) is 0.835. The first kappa shape index (κ1) is 20.5. The Hall–Kier alpha value is -3.76. The molecule has 4 aromatic rings. The van der Waals surface area contributed by atoms with Crippen molar-refractivity contribution < 1.29 is 26.8 Å². The summed E-state index contributed by atoms with van der Waals surface area (Å²) in [4.78, 5) is 24.5. The molecule has 0 atom stereocenters. The summed E-state index contributed by atoms with van der Waals surface area (Å²) in [6.45, 7) is 3.23. The molecule has 31 heavy (non-hydrogen) atoms. The summed E-state index contributed by atoms with van der Waals surface area (Å²) in [6, 6.07) is 3.88. The number of hydrogen-bond donors (Lipinski definition) is 1. The fourth-order valence-corrected chi connectivity index (χ4v) is 3.11. The number of fused-ring (bicyclic) bond motifs is 1. The van der Waals surface area contributed by atoms with Crippen LogP contribution in [-0.2, 0) is 6.42 Å². The number of oxazole rings is 1. The molecule has 3 heterocycles. The zero-order chi connectivity index (χ0) is 22.3. The van der Waals surface area contributed by atoms with Gasteiger partial charge in [-0.15, -0.1) is 0 Å². The summed E-state index contributed by atoms with van der Waals surface area (Å²) in [7, 11) is 0. The number of benzene rings is 1. The van der Waals surface area contributed by atoms with E-state index in [2.05, 4.69) is 20.3 Å². The Morgan fingerprint density at radius 2 is 1.97 bits per heavy atom. The molecule has 0 radical (unpaired) electrons. The van der Waals surface area contributed by atoms with Crippen molar-refractivity contribution in [1.29, 1.82) is 0 Å². The van der Waals surface area contributed by atoms with Crippen LogP contribution < -0.4 is 5.32 Å². The van der Waals surface area contributed by atoms with E-state index in [1.165, 1.54) is 28.9 Å². The monoisotopic (exact) mass is 433 g/mol. The van der Waals surface area contributed by atoms with E-state index in [-0.39, 0.29) is 34.0 Å². The van der Waals surface area contributed by atoms with E-state index in [1.807, 2.05) is 0 Å². The Kier molecular flexibility index (Phi) is 4.96. The molecular formula is C20H15F4N5O2. The number of amides is 1. The van der Waals surface area contributed by atoms with E-state index >= 15 is 0 Å². The first-order valence-corrected chi connectivity index (χ1v) is 9.05. The van der Waals surface area contributed by atoms with Crippen LogP contribution >= 0.6 is 0 Å². The van der Waals surface area contributed by atoms with E-state index in [0.29, 0.717) is 11.6 Å². The maximum absolute atomic E-state index is 14.5. The zero-order valence-corrected chi connectivity index (χ0v) is 16.3. The number of nitrogens with zero attached hydrogens (tertiary/aromatic N) is 4. The quantitative estimate of drug-likeness (QED) is 0.479. The number of carbonyl (C=O) groups excluding carboxylic acids is 1. The molecule has 0 saturated carbocycles. The van der Waals surface area contributed by atoms with Crippen molar-refractivity contribution in [2.75, 3.05) is 5.32 Å². The summed E-state index contributed by atoms with van der Waals surface area (Å²) in [5.74, 6) is -0.683. The Labute approximate surface area is 172 Å². The highest BCUT2D eigenvalue weighted by molar-refractivity contribution is 6.03. The topological polar surface area (TPSA) is 85.3 Å². The number of nitrogens with one attached hydrogen (secondary N) is 1. The Morgan fingerprint density at radius 1 is 1.19 bits per heavy atom. The van der Waals surface area contributed by atoms with Crippen LogP contribution in [-0.4, -0.2) is 31.4 Å². The van der Waals surface area contributed by atoms with E-state index in [9.17, 15) is 22.4 Å². The molecule has 3 aromatic heterocycles. The zero-order valence-electron chi connectivity index (χ0n) is 16.3. The number of halogens is 4. The predicted octanol–water partition coefficient (Wildman–Crippen LogP) is 4.50. The third-order valence-corrected chi connectivity index (χ3v) is 4.38. The van der Waals surface area contributed by atoms with Gasteiger partial charge in [0, 0.05) is 36.8 Å². The molecule has 160 valence electrons. The van der Waals surface area contributed by atoms with Gasteiger partial charge in [-0.2, -0.15) is 13.2 Å². The Morgan fingerprint density at radius 3 is 2.65 bits per heavy atom. The largest absolute Gasteiger partial charge is 0.436 e. The van der Waals surface area contributed by atoms with Gasteiger partial charge in [0.15, 0.2) is 5.89 Å². The van der Waals surface area contributed by atoms with Crippen LogP contribution in [0.4, 0.5) is 23.2 Å². The van der Waals surface area contributed by atoms with Gasteiger partial charge in [0.2, 0.25) is 11.5 Å². The normalized spacial score (nSPS) is 11.8. The first-order chi connectivity index (χ1) is 14.6. The summed E-state index contributed by atoms with van der Waals surface area (Å²) >= 11 is 0. The lowest BCUT2D eigenvalue weighted by molar-refractivity contribution is -0.127. The lowest BCUT2D eigenvalue weighted by Crippen LogP contribution is -2.12. The Bertz CT molecular complexity index is 1290. The number of aromatic nitrogens is 4. The summed E-state index contributed by atoms with van der Waals surface area (Å²) in [6.07, 6.45) is -1.83. The third kappa shape index (κ3) is 4.39. The molecule has 0 aliphatic rings. The molecule has 0 fully saturated rings. The third-order valence-electron chi connectivity index (χ3n) is 4.38. The van der Waals surface area contributed by atoms with E-state index in [4.69, 9.17) is 4.42 Å². The van der Waals surface area contributed by atoms with Gasteiger partial charge in [0.1, 0.15) is 5.82 Å². The van der Waals surface area contributed by atoms with Gasteiger partial charge >= 0.3 is 6.18 Å². The lowest BCUT2D eigenvalue weighted by Gasteiger charge is -2.06. The van der Waals surface area contributed by atoms with Crippen molar-refractivity contribution in [3.05, 3.63) is 65.5 Å². The lowest BCUT2D eigenvalue weighted by atomic mass is 10.1. The van der Waals surface area contributed by atoms with Gasteiger partial charge in [-0.25, -0.2) is 19.3 Å². The summed E-state index contributed by atoms with van der Waals surface area (Å²) < 4.78 is 58.9. The molecule has 0 unspecified atom stereocenters. The van der Waals surface area contributed by atoms with Crippen LogP contribution in [0.5, 0.6) is 0 Å². The highest BCUT2D eigenvalue weighted by Crippen LogP contribution is 2.27. The van der Waals surface area contributed by atoms with Crippen molar-refractivity contribution >= 4 is 17.4 Å². The minimum Gasteiger partial charge on any atom is -0.436 e. The Balaban J connectivity index is 1.64. The highest BCUT2D eigenvalue weighted by atomic mass is 19.4. The molecule has 0 bridgehead atoms. The van der Waals surface area contributed by atoms with E-state index in [0.717, 1.165) is 12.3 Å². The van der Waals surface area contributed by atoms with Crippen LogP contribution in [0.2, 0.25) is 0 Å².